The van der Waals surface area contributed by atoms with Gasteiger partial charge in [0, 0.05) is 36.2 Å². The summed E-state index contributed by atoms with van der Waals surface area (Å²) < 4.78 is 66.5. The van der Waals surface area contributed by atoms with Crippen LogP contribution in [0.1, 0.15) is 11.1 Å². The van der Waals surface area contributed by atoms with Crippen LogP contribution in [0.4, 0.5) is 13.2 Å². The molecule has 2 aromatic carbocycles. The molecule has 1 aliphatic rings. The summed E-state index contributed by atoms with van der Waals surface area (Å²) in [6, 6.07) is 11.3. The van der Waals surface area contributed by atoms with Gasteiger partial charge < -0.3 is 0 Å². The van der Waals surface area contributed by atoms with Gasteiger partial charge in [0.15, 0.2) is 0 Å². The summed E-state index contributed by atoms with van der Waals surface area (Å²) in [6.45, 7) is 1.06. The Bertz CT molecular complexity index is 1080. The van der Waals surface area contributed by atoms with Crippen LogP contribution in [-0.4, -0.2) is 62.5 Å². The average molecular weight is 533 g/mol. The van der Waals surface area contributed by atoms with E-state index in [0.29, 0.717) is 13.1 Å². The first-order valence-electron chi connectivity index (χ1n) is 9.53. The standard InChI is InChI=1S/C20H20BrF3N4O3S/c21-16-5-7-17(8-6-16)32(30,31)28-11-9-27(10-12-28)14-19(29)26-25-13-15-3-1-2-4-18(15)20(22,23)24/h1-8,13H,9-12,14H2,(H,26,29)/b25-13-. The van der Waals surface area contributed by atoms with Gasteiger partial charge in [-0.3, -0.25) is 9.69 Å². The molecule has 0 unspecified atom stereocenters. The highest BCUT2D eigenvalue weighted by molar-refractivity contribution is 9.10. The molecular weight excluding hydrogens is 513 g/mol. The van der Waals surface area contributed by atoms with E-state index in [1.165, 1.54) is 34.6 Å². The van der Waals surface area contributed by atoms with E-state index in [-0.39, 0.29) is 30.1 Å². The molecule has 1 fully saturated rings. The molecule has 0 saturated carbocycles. The van der Waals surface area contributed by atoms with Gasteiger partial charge in [-0.05, 0) is 30.3 Å². The number of amides is 1. The zero-order valence-electron chi connectivity index (χ0n) is 16.7. The van der Waals surface area contributed by atoms with Crippen LogP contribution < -0.4 is 5.43 Å². The predicted molar refractivity (Wildman–Crippen MR) is 117 cm³/mol. The summed E-state index contributed by atoms with van der Waals surface area (Å²) in [4.78, 5) is 14.0. The molecule has 2 aromatic rings. The Morgan fingerprint density at radius 3 is 2.31 bits per heavy atom. The molecule has 1 N–H and O–H groups in total. The maximum atomic E-state index is 13.0. The van der Waals surface area contributed by atoms with Crippen LogP contribution in [0, 0.1) is 0 Å². The minimum atomic E-state index is -4.52. The SMILES string of the molecule is O=C(CN1CCN(S(=O)(=O)c2ccc(Br)cc2)CC1)N/N=C\c1ccccc1C(F)(F)F. The molecule has 0 atom stereocenters. The third-order valence-corrected chi connectivity index (χ3v) is 7.25. The van der Waals surface area contributed by atoms with Crippen LogP contribution >= 0.6 is 15.9 Å². The number of hydrogen-bond donors (Lipinski definition) is 1. The van der Waals surface area contributed by atoms with E-state index in [0.717, 1.165) is 16.8 Å². The van der Waals surface area contributed by atoms with Crippen molar-refractivity contribution in [2.75, 3.05) is 32.7 Å². The number of piperazine rings is 1. The number of sulfonamides is 1. The molecule has 1 aliphatic heterocycles. The number of hydrogen-bond acceptors (Lipinski definition) is 5. The number of halogens is 4. The normalized spacial score (nSPS) is 16.4. The van der Waals surface area contributed by atoms with Crippen molar-refractivity contribution in [3.05, 3.63) is 64.1 Å². The number of nitrogens with one attached hydrogen (secondary N) is 1. The lowest BCUT2D eigenvalue weighted by Crippen LogP contribution is -2.50. The molecule has 0 spiro atoms. The van der Waals surface area contributed by atoms with Crippen LogP contribution in [0.2, 0.25) is 0 Å². The lowest BCUT2D eigenvalue weighted by atomic mass is 10.1. The van der Waals surface area contributed by atoms with E-state index in [9.17, 15) is 26.4 Å². The van der Waals surface area contributed by atoms with Gasteiger partial charge in [-0.2, -0.15) is 22.6 Å². The first-order chi connectivity index (χ1) is 15.1. The molecule has 12 heteroatoms. The summed E-state index contributed by atoms with van der Waals surface area (Å²) >= 11 is 3.27. The third kappa shape index (κ3) is 6.15. The number of carbonyl (C=O) groups excluding carboxylic acids is 1. The molecule has 1 amide bonds. The highest BCUT2D eigenvalue weighted by Gasteiger charge is 2.32. The molecular formula is C20H20BrF3N4O3S. The maximum absolute atomic E-state index is 13.0. The fourth-order valence-electron chi connectivity index (χ4n) is 3.16. The summed E-state index contributed by atoms with van der Waals surface area (Å²) in [6.07, 6.45) is -3.58. The summed E-state index contributed by atoms with van der Waals surface area (Å²) in [5, 5.41) is 3.62. The van der Waals surface area contributed by atoms with E-state index in [4.69, 9.17) is 0 Å². The topological polar surface area (TPSA) is 82.1 Å². The monoisotopic (exact) mass is 532 g/mol. The smallest absolute Gasteiger partial charge is 0.292 e. The van der Waals surface area contributed by atoms with E-state index >= 15 is 0 Å². The van der Waals surface area contributed by atoms with Gasteiger partial charge in [0.05, 0.1) is 23.2 Å². The van der Waals surface area contributed by atoms with Gasteiger partial charge in [0.25, 0.3) is 5.91 Å². The van der Waals surface area contributed by atoms with Crippen molar-refractivity contribution in [3.8, 4) is 0 Å². The summed E-state index contributed by atoms with van der Waals surface area (Å²) in [5.41, 5.74) is 1.21. The van der Waals surface area contributed by atoms with E-state index in [2.05, 4.69) is 26.5 Å². The Labute approximate surface area is 192 Å². The molecule has 32 heavy (non-hydrogen) atoms. The molecule has 0 aromatic heterocycles. The second-order valence-corrected chi connectivity index (χ2v) is 9.87. The molecule has 7 nitrogen and oxygen atoms in total. The quantitative estimate of drug-likeness (QED) is 0.458. The lowest BCUT2D eigenvalue weighted by Gasteiger charge is -2.33. The van der Waals surface area contributed by atoms with E-state index in [1.54, 1.807) is 17.0 Å². The van der Waals surface area contributed by atoms with Crippen molar-refractivity contribution in [2.45, 2.75) is 11.1 Å². The summed E-state index contributed by atoms with van der Waals surface area (Å²) in [5.74, 6) is -0.505. The number of nitrogens with zero attached hydrogens (tertiary/aromatic N) is 3. The zero-order chi connectivity index (χ0) is 23.4. The van der Waals surface area contributed by atoms with Crippen molar-refractivity contribution >= 4 is 38.1 Å². The molecule has 3 rings (SSSR count). The van der Waals surface area contributed by atoms with Gasteiger partial charge >= 0.3 is 6.18 Å². The van der Waals surface area contributed by atoms with Crippen LogP contribution in [0.15, 0.2) is 63.0 Å². The fourth-order valence-corrected chi connectivity index (χ4v) is 4.85. The molecule has 0 bridgehead atoms. The van der Waals surface area contributed by atoms with Crippen LogP contribution in [0.3, 0.4) is 0 Å². The second-order valence-electron chi connectivity index (χ2n) is 7.01. The van der Waals surface area contributed by atoms with Crippen molar-refractivity contribution in [1.29, 1.82) is 0 Å². The highest BCUT2D eigenvalue weighted by atomic mass is 79.9. The van der Waals surface area contributed by atoms with Crippen LogP contribution in [-0.2, 0) is 21.0 Å². The number of rotatable bonds is 6. The fraction of sp³-hybridized carbons (Fsp3) is 0.300. The van der Waals surface area contributed by atoms with Gasteiger partial charge in [-0.25, -0.2) is 13.8 Å². The van der Waals surface area contributed by atoms with Gasteiger partial charge in [-0.1, -0.05) is 34.1 Å². The molecule has 0 aliphatic carbocycles. The second kappa shape index (κ2) is 10.1. The van der Waals surface area contributed by atoms with E-state index in [1.807, 2.05) is 0 Å². The molecule has 172 valence electrons. The Balaban J connectivity index is 1.51. The molecule has 1 saturated heterocycles. The Morgan fingerprint density at radius 2 is 1.69 bits per heavy atom. The Kier molecular flexibility index (Phi) is 7.70. The minimum Gasteiger partial charge on any atom is -0.292 e. The predicted octanol–water partition coefficient (Wildman–Crippen LogP) is 2.92. The van der Waals surface area contributed by atoms with Crippen molar-refractivity contribution in [1.82, 2.24) is 14.6 Å². The maximum Gasteiger partial charge on any atom is 0.417 e. The van der Waals surface area contributed by atoms with Crippen LogP contribution in [0.5, 0.6) is 0 Å². The molecule has 1 heterocycles. The summed E-state index contributed by atoms with van der Waals surface area (Å²) in [7, 11) is -3.62. The average Bonchev–Trinajstić information content (AvgIpc) is 2.74. The number of carbonyl (C=O) groups is 1. The van der Waals surface area contributed by atoms with Crippen molar-refractivity contribution in [2.24, 2.45) is 5.10 Å². The Hall–Kier alpha value is -2.28. The van der Waals surface area contributed by atoms with Gasteiger partial charge in [0.2, 0.25) is 10.0 Å². The minimum absolute atomic E-state index is 0.0512. The largest absolute Gasteiger partial charge is 0.417 e. The van der Waals surface area contributed by atoms with Gasteiger partial charge in [-0.15, -0.1) is 0 Å². The third-order valence-electron chi connectivity index (χ3n) is 4.81. The lowest BCUT2D eigenvalue weighted by molar-refractivity contribution is -0.137. The number of benzene rings is 2. The van der Waals surface area contributed by atoms with Crippen LogP contribution in [0.25, 0.3) is 0 Å². The zero-order valence-corrected chi connectivity index (χ0v) is 19.1. The van der Waals surface area contributed by atoms with Crippen molar-refractivity contribution in [3.63, 3.8) is 0 Å². The van der Waals surface area contributed by atoms with Crippen molar-refractivity contribution < 1.29 is 26.4 Å². The number of hydrazone groups is 1. The van der Waals surface area contributed by atoms with Gasteiger partial charge in [0.1, 0.15) is 0 Å². The molecule has 0 radical (unpaired) electrons. The first kappa shape index (κ1) is 24.4. The Morgan fingerprint density at radius 1 is 1.06 bits per heavy atom. The van der Waals surface area contributed by atoms with E-state index < -0.39 is 27.7 Å². The first-order valence-corrected chi connectivity index (χ1v) is 11.8. The highest BCUT2D eigenvalue weighted by Crippen LogP contribution is 2.31. The number of alkyl halides is 3.